The average Bonchev–Trinajstić information content (AvgIpc) is 3.21. The van der Waals surface area contributed by atoms with Gasteiger partial charge < -0.3 is 15.2 Å². The Morgan fingerprint density at radius 1 is 1.53 bits per heavy atom. The van der Waals surface area contributed by atoms with Crippen LogP contribution in [0.1, 0.15) is 42.7 Å². The van der Waals surface area contributed by atoms with Crippen LogP contribution in [0.2, 0.25) is 0 Å². The van der Waals surface area contributed by atoms with Crippen LogP contribution >= 0.6 is 11.8 Å². The Morgan fingerprint density at radius 3 is 3.00 bits per heavy atom. The van der Waals surface area contributed by atoms with Gasteiger partial charge in [0.05, 0.1) is 5.69 Å². The molecule has 1 unspecified atom stereocenters. The summed E-state index contributed by atoms with van der Waals surface area (Å²) in [5.41, 5.74) is 7.35. The lowest BCUT2D eigenvalue weighted by Crippen LogP contribution is -2.42. The maximum Gasteiger partial charge on any atom is 0.270 e. The van der Waals surface area contributed by atoms with Gasteiger partial charge in [0, 0.05) is 36.3 Å². The van der Waals surface area contributed by atoms with Crippen LogP contribution in [0, 0.1) is 0 Å². The Bertz CT molecular complexity index is 481. The second-order valence-corrected chi connectivity index (χ2v) is 6.86. The summed E-state index contributed by atoms with van der Waals surface area (Å²) in [6, 6.07) is 2.33. The van der Waals surface area contributed by atoms with Gasteiger partial charge in [0.2, 0.25) is 0 Å². The van der Waals surface area contributed by atoms with E-state index < -0.39 is 0 Å². The van der Waals surface area contributed by atoms with Crippen LogP contribution in [0.5, 0.6) is 0 Å². The van der Waals surface area contributed by atoms with Gasteiger partial charge in [0.15, 0.2) is 0 Å². The molecule has 1 saturated heterocycles. The number of thioether (sulfide) groups is 1. The first-order valence-electron chi connectivity index (χ1n) is 7.07. The van der Waals surface area contributed by atoms with Crippen molar-refractivity contribution in [3.63, 3.8) is 0 Å². The van der Waals surface area contributed by atoms with Crippen LogP contribution in [0.25, 0.3) is 0 Å². The normalized spacial score (nSPS) is 23.6. The molecule has 0 radical (unpaired) electrons. The van der Waals surface area contributed by atoms with Crippen LogP contribution in [0.3, 0.4) is 0 Å². The second-order valence-electron chi connectivity index (χ2n) is 5.45. The fourth-order valence-corrected chi connectivity index (χ4v) is 3.82. The van der Waals surface area contributed by atoms with Gasteiger partial charge >= 0.3 is 0 Å². The molecule has 104 valence electrons. The fourth-order valence-electron chi connectivity index (χ4n) is 2.64. The standard InChI is InChI=1S/C14H21N3OS/c1-2-12-9-16(5-6-19-12)14(18)13-7-10(15)8-17(13)11-3-4-11/h7-8,11-12H,2-6,9,15H2,1H3. The van der Waals surface area contributed by atoms with Gasteiger partial charge in [-0.15, -0.1) is 0 Å². The molecule has 1 aliphatic carbocycles. The van der Waals surface area contributed by atoms with E-state index in [2.05, 4.69) is 11.5 Å². The molecule has 5 heteroatoms. The molecule has 2 fully saturated rings. The van der Waals surface area contributed by atoms with E-state index in [1.807, 2.05) is 28.9 Å². The minimum Gasteiger partial charge on any atom is -0.397 e. The lowest BCUT2D eigenvalue weighted by atomic mass is 10.2. The molecule has 1 aromatic rings. The number of rotatable bonds is 3. The van der Waals surface area contributed by atoms with Crippen molar-refractivity contribution in [1.29, 1.82) is 0 Å². The molecule has 2 heterocycles. The monoisotopic (exact) mass is 279 g/mol. The Morgan fingerprint density at radius 2 is 2.32 bits per heavy atom. The largest absolute Gasteiger partial charge is 0.397 e. The van der Waals surface area contributed by atoms with Crippen molar-refractivity contribution in [3.05, 3.63) is 18.0 Å². The minimum absolute atomic E-state index is 0.155. The number of nitrogens with two attached hydrogens (primary N) is 1. The third-order valence-electron chi connectivity index (χ3n) is 3.91. The highest BCUT2D eigenvalue weighted by molar-refractivity contribution is 8.00. The zero-order valence-electron chi connectivity index (χ0n) is 11.3. The summed E-state index contributed by atoms with van der Waals surface area (Å²) in [6.45, 7) is 3.92. The zero-order chi connectivity index (χ0) is 13.4. The maximum absolute atomic E-state index is 12.7. The van der Waals surface area contributed by atoms with Gasteiger partial charge in [-0.2, -0.15) is 11.8 Å². The minimum atomic E-state index is 0.155. The number of hydrogen-bond acceptors (Lipinski definition) is 3. The first-order chi connectivity index (χ1) is 9.19. The number of carbonyl (C=O) groups is 1. The summed E-state index contributed by atoms with van der Waals surface area (Å²) in [7, 11) is 0. The van der Waals surface area contributed by atoms with E-state index in [-0.39, 0.29) is 5.91 Å². The van der Waals surface area contributed by atoms with Crippen molar-refractivity contribution in [2.24, 2.45) is 0 Å². The lowest BCUT2D eigenvalue weighted by molar-refractivity contribution is 0.0750. The molecule has 3 rings (SSSR count). The average molecular weight is 279 g/mol. The predicted octanol–water partition coefficient (Wildman–Crippen LogP) is 2.37. The SMILES string of the molecule is CCC1CN(C(=O)c2cc(N)cn2C2CC2)CCS1. The third-order valence-corrected chi connectivity index (χ3v) is 5.28. The molecule has 4 nitrogen and oxygen atoms in total. The van der Waals surface area contributed by atoms with Crippen molar-refractivity contribution in [1.82, 2.24) is 9.47 Å². The number of anilines is 1. The molecular formula is C14H21N3OS. The molecule has 1 amide bonds. The number of nitrogen functional groups attached to an aromatic ring is 1. The van der Waals surface area contributed by atoms with E-state index in [9.17, 15) is 4.79 Å². The van der Waals surface area contributed by atoms with Crippen molar-refractivity contribution in [3.8, 4) is 0 Å². The highest BCUT2D eigenvalue weighted by Gasteiger charge is 2.31. The van der Waals surface area contributed by atoms with E-state index in [4.69, 9.17) is 5.73 Å². The highest BCUT2D eigenvalue weighted by Crippen LogP contribution is 2.37. The van der Waals surface area contributed by atoms with Crippen LogP contribution in [0.4, 0.5) is 5.69 Å². The van der Waals surface area contributed by atoms with E-state index in [1.165, 1.54) is 12.8 Å². The van der Waals surface area contributed by atoms with E-state index in [1.54, 1.807) is 0 Å². The Labute approximate surface area is 118 Å². The molecule has 2 N–H and O–H groups in total. The number of aromatic nitrogens is 1. The third kappa shape index (κ3) is 2.61. The van der Waals surface area contributed by atoms with E-state index in [0.717, 1.165) is 31.0 Å². The second kappa shape index (κ2) is 5.12. The van der Waals surface area contributed by atoms with Gasteiger partial charge in [-0.3, -0.25) is 4.79 Å². The molecule has 19 heavy (non-hydrogen) atoms. The molecular weight excluding hydrogens is 258 g/mol. The Balaban J connectivity index is 1.79. The summed E-state index contributed by atoms with van der Waals surface area (Å²) in [4.78, 5) is 14.7. The Hall–Kier alpha value is -1.10. The molecule has 0 spiro atoms. The summed E-state index contributed by atoms with van der Waals surface area (Å²) >= 11 is 1.98. The van der Waals surface area contributed by atoms with E-state index >= 15 is 0 Å². The topological polar surface area (TPSA) is 51.3 Å². The first-order valence-corrected chi connectivity index (χ1v) is 8.12. The quantitative estimate of drug-likeness (QED) is 0.924. The lowest BCUT2D eigenvalue weighted by Gasteiger charge is -2.32. The van der Waals surface area contributed by atoms with Crippen LogP contribution in [0.15, 0.2) is 12.3 Å². The maximum atomic E-state index is 12.7. The summed E-state index contributed by atoms with van der Waals surface area (Å²) in [6.07, 6.45) is 5.38. The molecule has 1 aliphatic heterocycles. The zero-order valence-corrected chi connectivity index (χ0v) is 12.2. The van der Waals surface area contributed by atoms with Gasteiger partial charge in [-0.1, -0.05) is 6.92 Å². The van der Waals surface area contributed by atoms with Crippen LogP contribution in [-0.2, 0) is 0 Å². The number of nitrogens with zero attached hydrogens (tertiary/aromatic N) is 2. The number of carbonyl (C=O) groups excluding carboxylic acids is 1. The van der Waals surface area contributed by atoms with Crippen LogP contribution in [-0.4, -0.2) is 39.5 Å². The summed E-state index contributed by atoms with van der Waals surface area (Å²) < 4.78 is 2.08. The van der Waals surface area contributed by atoms with Gasteiger partial charge in [0.25, 0.3) is 5.91 Å². The Kier molecular flexibility index (Phi) is 3.48. The van der Waals surface area contributed by atoms with Gasteiger partial charge in [0.1, 0.15) is 5.69 Å². The predicted molar refractivity (Wildman–Crippen MR) is 79.6 cm³/mol. The molecule has 1 atom stereocenters. The molecule has 0 aromatic carbocycles. The molecule has 0 bridgehead atoms. The molecule has 1 saturated carbocycles. The van der Waals surface area contributed by atoms with E-state index in [0.29, 0.717) is 17.0 Å². The molecule has 1 aromatic heterocycles. The smallest absolute Gasteiger partial charge is 0.270 e. The van der Waals surface area contributed by atoms with Crippen molar-refractivity contribution < 1.29 is 4.79 Å². The number of hydrogen-bond donors (Lipinski definition) is 1. The van der Waals surface area contributed by atoms with Gasteiger partial charge in [-0.25, -0.2) is 0 Å². The van der Waals surface area contributed by atoms with Gasteiger partial charge in [-0.05, 0) is 25.3 Å². The van der Waals surface area contributed by atoms with Crippen molar-refractivity contribution in [2.45, 2.75) is 37.5 Å². The molecule has 2 aliphatic rings. The first kappa shape index (κ1) is 12.9. The highest BCUT2D eigenvalue weighted by atomic mass is 32.2. The fraction of sp³-hybridized carbons (Fsp3) is 0.643. The number of amides is 1. The van der Waals surface area contributed by atoms with Crippen molar-refractivity contribution >= 4 is 23.4 Å². The van der Waals surface area contributed by atoms with Crippen molar-refractivity contribution in [2.75, 3.05) is 24.6 Å². The summed E-state index contributed by atoms with van der Waals surface area (Å²) in [5, 5.41) is 0.583. The summed E-state index contributed by atoms with van der Waals surface area (Å²) in [5.74, 6) is 1.20. The van der Waals surface area contributed by atoms with Crippen LogP contribution < -0.4 is 5.73 Å².